The highest BCUT2D eigenvalue weighted by atomic mass is 31.0. The maximum absolute atomic E-state index is 5.63. The molecule has 0 aromatic heterocycles. The molecule has 5 heteroatoms. The van der Waals surface area contributed by atoms with E-state index in [1.165, 1.54) is 92.5 Å². The largest absolute Gasteiger partial charge is 0.497 e. The Hall–Kier alpha value is -8.43. The maximum Gasteiger partial charge on any atom is 0.119 e. The zero-order valence-electron chi connectivity index (χ0n) is 39.1. The molecule has 13 aromatic rings. The highest BCUT2D eigenvalue weighted by Gasteiger charge is 2.30. The third kappa shape index (κ3) is 6.48. The number of nitrogens with zero attached hydrogens (tertiary/aromatic N) is 2. The molecule has 0 N–H and O–H groups in total. The Morgan fingerprint density at radius 1 is 0.314 bits per heavy atom. The average Bonchev–Trinajstić information content (AvgIpc) is 3.93. The van der Waals surface area contributed by atoms with E-state index < -0.39 is 0 Å². The summed E-state index contributed by atoms with van der Waals surface area (Å²) in [6, 6.07) is 79.8. The summed E-state index contributed by atoms with van der Waals surface area (Å²) >= 11 is 0. The molecule has 334 valence electrons. The van der Waals surface area contributed by atoms with Crippen LogP contribution in [0.5, 0.6) is 11.5 Å². The van der Waals surface area contributed by atoms with Crippen LogP contribution in [-0.2, 0) is 0 Å². The Morgan fingerprint density at radius 3 is 1.04 bits per heavy atom. The number of fused-ring (bicyclic) bond motifs is 6. The third-order valence-electron chi connectivity index (χ3n) is 14.3. The fourth-order valence-electron chi connectivity index (χ4n) is 11.3. The molecule has 0 aliphatic rings. The molecule has 0 fully saturated rings. The fourth-order valence-corrected chi connectivity index (χ4v) is 11.4. The average molecular weight is 919 g/mol. The van der Waals surface area contributed by atoms with Crippen LogP contribution in [0.4, 0.5) is 34.1 Å². The van der Waals surface area contributed by atoms with Crippen LogP contribution in [-0.4, -0.2) is 14.2 Å². The van der Waals surface area contributed by atoms with E-state index in [9.17, 15) is 0 Å². The Morgan fingerprint density at radius 2 is 0.657 bits per heavy atom. The molecule has 4 nitrogen and oxygen atoms in total. The van der Waals surface area contributed by atoms with Crippen molar-refractivity contribution in [3.05, 3.63) is 224 Å². The van der Waals surface area contributed by atoms with E-state index >= 15 is 0 Å². The molecular weight excluding hydrogens is 872 g/mol. The number of methoxy groups -OCH3 is 2. The van der Waals surface area contributed by atoms with Gasteiger partial charge in [0.25, 0.3) is 0 Å². The predicted octanol–water partition coefficient (Wildman–Crippen LogP) is 17.6. The summed E-state index contributed by atoms with van der Waals surface area (Å²) in [7, 11) is 6.27. The number of rotatable bonds is 10. The monoisotopic (exact) mass is 918 g/mol. The normalized spacial score (nSPS) is 11.7. The van der Waals surface area contributed by atoms with Gasteiger partial charge in [0.2, 0.25) is 0 Å². The molecule has 70 heavy (non-hydrogen) atoms. The SMILES string of the molecule is COc1ccc(N(c2ccc(C)cc2)c2ccc3c4c(-c5ccccc5)c5c6ccc(N(c7ccc(P)cc7)c7ccc(OC)cc7)c7cccc(c5c(-c5ccccc5)c4c4cccc2c43)c76)cc1. The molecule has 0 aliphatic heterocycles. The van der Waals surface area contributed by atoms with E-state index in [-0.39, 0.29) is 0 Å². The molecule has 13 rings (SSSR count). The van der Waals surface area contributed by atoms with Crippen molar-refractivity contribution in [2.24, 2.45) is 0 Å². The van der Waals surface area contributed by atoms with E-state index in [0.717, 1.165) is 50.9 Å². The predicted molar refractivity (Wildman–Crippen MR) is 301 cm³/mol. The van der Waals surface area contributed by atoms with Crippen LogP contribution in [0.25, 0.3) is 86.9 Å². The van der Waals surface area contributed by atoms with E-state index in [0.29, 0.717) is 0 Å². The van der Waals surface area contributed by atoms with Crippen LogP contribution in [0.1, 0.15) is 5.56 Å². The van der Waals surface area contributed by atoms with E-state index in [1.54, 1.807) is 14.2 Å². The number of anilines is 6. The van der Waals surface area contributed by atoms with Crippen LogP contribution >= 0.6 is 9.24 Å². The molecule has 0 heterocycles. The highest BCUT2D eigenvalue weighted by Crippen LogP contribution is 2.57. The smallest absolute Gasteiger partial charge is 0.119 e. The molecule has 1 atom stereocenters. The van der Waals surface area contributed by atoms with E-state index in [1.807, 2.05) is 24.3 Å². The summed E-state index contributed by atoms with van der Waals surface area (Å²) in [5.41, 5.74) is 12.7. The van der Waals surface area contributed by atoms with E-state index in [2.05, 4.69) is 220 Å². The first-order valence-electron chi connectivity index (χ1n) is 23.8. The molecular formula is C65H47N2O2P. The Bertz CT molecular complexity index is 3740. The van der Waals surface area contributed by atoms with Gasteiger partial charge in [-0.2, -0.15) is 0 Å². The first-order chi connectivity index (χ1) is 34.5. The summed E-state index contributed by atoms with van der Waals surface area (Å²) in [6.07, 6.45) is 0. The van der Waals surface area contributed by atoms with Crippen LogP contribution in [0.3, 0.4) is 0 Å². The molecule has 0 saturated carbocycles. The lowest BCUT2D eigenvalue weighted by Gasteiger charge is -2.27. The number of ether oxygens (including phenoxy) is 2. The number of benzene rings is 11. The van der Waals surface area contributed by atoms with Gasteiger partial charge >= 0.3 is 0 Å². The zero-order chi connectivity index (χ0) is 47.0. The third-order valence-corrected chi connectivity index (χ3v) is 14.7. The van der Waals surface area contributed by atoms with Gasteiger partial charge in [-0.3, -0.25) is 0 Å². The maximum atomic E-state index is 5.63. The second-order valence-corrected chi connectivity index (χ2v) is 18.9. The quantitative estimate of drug-likeness (QED) is 0.128. The first kappa shape index (κ1) is 41.7. The van der Waals surface area contributed by atoms with Gasteiger partial charge in [0.1, 0.15) is 11.5 Å². The van der Waals surface area contributed by atoms with Crippen molar-refractivity contribution in [1.82, 2.24) is 0 Å². The van der Waals surface area contributed by atoms with Crippen molar-refractivity contribution < 1.29 is 9.47 Å². The Balaban J connectivity index is 1.17. The molecule has 0 saturated heterocycles. The Kier molecular flexibility index (Phi) is 9.94. The van der Waals surface area contributed by atoms with Gasteiger partial charge in [0.05, 0.1) is 25.6 Å². The molecule has 1 unspecified atom stereocenters. The van der Waals surface area contributed by atoms with Gasteiger partial charge in [0.15, 0.2) is 0 Å². The standard InChI is InChI=1S/C65H47N2O2P/c1-40-20-22-43(23-21-40)66(44-24-30-47(68-2)31-25-44)56-38-36-54-60-50(56)16-10-18-52(60)62-58(41-12-6-4-7-13-41)63-53-19-11-17-51-57(67(46-28-34-49(70)35-29-46)45-26-32-48(69-3)33-27-45)39-37-55(61(51)53)65(63)59(64(54)62)42-14-8-5-9-15-42/h4-39H,70H2,1-3H3. The van der Waals surface area contributed by atoms with Crippen LogP contribution in [0.15, 0.2) is 218 Å². The Labute approximate surface area is 409 Å². The van der Waals surface area contributed by atoms with Crippen molar-refractivity contribution in [2.75, 3.05) is 24.0 Å². The minimum absolute atomic E-state index is 0.823. The molecule has 0 radical (unpaired) electrons. The number of hydrogen-bond donors (Lipinski definition) is 0. The van der Waals surface area contributed by atoms with Gasteiger partial charge in [-0.15, -0.1) is 9.24 Å². The second kappa shape index (κ2) is 16.7. The van der Waals surface area contributed by atoms with Crippen molar-refractivity contribution in [1.29, 1.82) is 0 Å². The molecule has 0 spiro atoms. The lowest BCUT2D eigenvalue weighted by Crippen LogP contribution is -2.11. The van der Waals surface area contributed by atoms with Crippen LogP contribution in [0, 0.1) is 6.92 Å². The van der Waals surface area contributed by atoms with Gasteiger partial charge in [0, 0.05) is 33.5 Å². The summed E-state index contributed by atoms with van der Waals surface area (Å²) in [5.74, 6) is 1.65. The summed E-state index contributed by atoms with van der Waals surface area (Å²) < 4.78 is 11.3. The first-order valence-corrected chi connectivity index (χ1v) is 24.3. The van der Waals surface area contributed by atoms with Crippen molar-refractivity contribution in [3.8, 4) is 33.8 Å². The fraction of sp³-hybridized carbons (Fsp3) is 0.0462. The van der Waals surface area contributed by atoms with Crippen molar-refractivity contribution in [2.45, 2.75) is 6.92 Å². The van der Waals surface area contributed by atoms with Gasteiger partial charge < -0.3 is 19.3 Å². The van der Waals surface area contributed by atoms with Gasteiger partial charge in [-0.25, -0.2) is 0 Å². The van der Waals surface area contributed by atoms with Gasteiger partial charge in [-0.1, -0.05) is 139 Å². The van der Waals surface area contributed by atoms with Gasteiger partial charge in [-0.05, 0) is 173 Å². The minimum atomic E-state index is 0.823. The molecule has 0 aliphatic carbocycles. The highest BCUT2D eigenvalue weighted by molar-refractivity contribution is 7.27. The molecule has 0 amide bonds. The van der Waals surface area contributed by atoms with Crippen molar-refractivity contribution in [3.63, 3.8) is 0 Å². The van der Waals surface area contributed by atoms with Crippen LogP contribution in [0.2, 0.25) is 0 Å². The second-order valence-electron chi connectivity index (χ2n) is 18.2. The molecule has 0 bridgehead atoms. The lowest BCUT2D eigenvalue weighted by atomic mass is 9.87. The van der Waals surface area contributed by atoms with Crippen molar-refractivity contribution >= 4 is 113 Å². The summed E-state index contributed by atoms with van der Waals surface area (Å²) in [6.45, 7) is 2.14. The van der Waals surface area contributed by atoms with E-state index in [4.69, 9.17) is 9.47 Å². The number of aryl methyl sites for hydroxylation is 1. The topological polar surface area (TPSA) is 24.9 Å². The lowest BCUT2D eigenvalue weighted by molar-refractivity contribution is 0.414. The summed E-state index contributed by atoms with van der Waals surface area (Å²) in [4.78, 5) is 4.77. The molecule has 13 aromatic carbocycles. The number of hydrogen-bond acceptors (Lipinski definition) is 4. The summed E-state index contributed by atoms with van der Waals surface area (Å²) in [5, 5.41) is 16.1. The van der Waals surface area contributed by atoms with Crippen LogP contribution < -0.4 is 24.6 Å². The minimum Gasteiger partial charge on any atom is -0.497 e. The zero-order valence-corrected chi connectivity index (χ0v) is 40.2.